The number of hydrogen-bond donors (Lipinski definition) is 5. The number of allylic oxidation sites excluding steroid dienone is 3. The Kier molecular flexibility index (Phi) is 14.2. The van der Waals surface area contributed by atoms with Gasteiger partial charge in [0.05, 0.1) is 29.2 Å². The molecule has 344 valence electrons. The molecule has 6 heterocycles. The van der Waals surface area contributed by atoms with Gasteiger partial charge in [0.2, 0.25) is 0 Å². The van der Waals surface area contributed by atoms with Gasteiger partial charge in [-0.2, -0.15) is 31.4 Å². The van der Waals surface area contributed by atoms with E-state index in [-0.39, 0.29) is 82.2 Å². The minimum atomic E-state index is -4.39. The highest BCUT2D eigenvalue weighted by Crippen LogP contribution is 2.42. The van der Waals surface area contributed by atoms with Gasteiger partial charge in [0.25, 0.3) is 5.92 Å². The molecule has 2 aliphatic rings. The van der Waals surface area contributed by atoms with Crippen LogP contribution >= 0.6 is 0 Å². The number of aryl methyl sites for hydroxylation is 4. The number of aromatic nitrogens is 8. The third-order valence-corrected chi connectivity index (χ3v) is 12.2. The fourth-order valence-corrected chi connectivity index (χ4v) is 8.21. The van der Waals surface area contributed by atoms with Gasteiger partial charge >= 0.3 is 12.4 Å². The maximum absolute atomic E-state index is 16.5. The Morgan fingerprint density at radius 1 is 0.937 bits per heavy atom. The fraction of sp³-hybridized carbons (Fsp3) is 0.548. The number of nitrogens with zero attached hydrogens (tertiary/aromatic N) is 8. The van der Waals surface area contributed by atoms with Crippen molar-refractivity contribution in [3.05, 3.63) is 94.9 Å². The normalized spacial score (nSPS) is 19.5. The summed E-state index contributed by atoms with van der Waals surface area (Å²) in [6.07, 6.45) is 0.522. The largest absolute Gasteiger partial charge is 0.405 e. The molecule has 63 heavy (non-hydrogen) atoms. The van der Waals surface area contributed by atoms with E-state index >= 15 is 8.78 Å². The molecule has 0 amide bonds. The Morgan fingerprint density at radius 3 is 2.33 bits per heavy atom. The van der Waals surface area contributed by atoms with Crippen molar-refractivity contribution in [2.24, 2.45) is 40.7 Å². The van der Waals surface area contributed by atoms with E-state index in [1.807, 2.05) is 30.7 Å². The molecule has 4 unspecified atom stereocenters. The molecule has 9 N–H and O–H groups in total. The van der Waals surface area contributed by atoms with Crippen LogP contribution in [0.15, 0.2) is 60.6 Å². The number of hydrogen-bond acceptors (Lipinski definition) is 10. The Balaban J connectivity index is 1.16. The molecule has 4 aromatic rings. The lowest BCUT2D eigenvalue weighted by molar-refractivity contribution is -0.179. The number of fused-ring (bicyclic) bond motifs is 2. The summed E-state index contributed by atoms with van der Waals surface area (Å²) >= 11 is 0. The topological polar surface area (TPSA) is 195 Å². The van der Waals surface area contributed by atoms with Crippen LogP contribution < -0.4 is 28.3 Å². The molecule has 0 fully saturated rings. The molecular weight excluding hydrogens is 839 g/mol. The molecule has 0 aromatic carbocycles. The van der Waals surface area contributed by atoms with Crippen molar-refractivity contribution < 1.29 is 35.1 Å². The number of nitrogens with two attached hydrogens (primary N) is 4. The Bertz CT molecular complexity index is 2300. The van der Waals surface area contributed by atoms with Gasteiger partial charge in [0, 0.05) is 101 Å². The fourth-order valence-electron chi connectivity index (χ4n) is 8.21. The first kappa shape index (κ1) is 47.3. The van der Waals surface area contributed by atoms with Crippen LogP contribution in [0.2, 0.25) is 0 Å². The summed E-state index contributed by atoms with van der Waals surface area (Å²) in [4.78, 5) is 18.2. The summed E-state index contributed by atoms with van der Waals surface area (Å²) in [5.74, 6) is -5.97. The number of alkyl halides is 8. The van der Waals surface area contributed by atoms with Crippen molar-refractivity contribution >= 4 is 5.57 Å². The zero-order chi connectivity index (χ0) is 45.9. The molecular formula is C42H55F8N13. The lowest BCUT2D eigenvalue weighted by Crippen LogP contribution is -2.44. The molecule has 0 aliphatic carbocycles. The van der Waals surface area contributed by atoms with Gasteiger partial charge in [-0.1, -0.05) is 13.0 Å². The lowest BCUT2D eigenvalue weighted by Gasteiger charge is -2.32. The van der Waals surface area contributed by atoms with Crippen LogP contribution in [0.4, 0.5) is 35.1 Å². The van der Waals surface area contributed by atoms with Crippen molar-refractivity contribution in [3.8, 4) is 11.4 Å². The molecule has 13 nitrogen and oxygen atoms in total. The summed E-state index contributed by atoms with van der Waals surface area (Å²) < 4.78 is 116. The van der Waals surface area contributed by atoms with Crippen LogP contribution in [-0.2, 0) is 44.6 Å². The van der Waals surface area contributed by atoms with Gasteiger partial charge < -0.3 is 32.1 Å². The van der Waals surface area contributed by atoms with Crippen LogP contribution in [0.25, 0.3) is 17.0 Å². The second-order valence-corrected chi connectivity index (χ2v) is 16.8. The zero-order valence-electron chi connectivity index (χ0n) is 35.5. The van der Waals surface area contributed by atoms with E-state index in [9.17, 15) is 26.3 Å². The second kappa shape index (κ2) is 18.9. The van der Waals surface area contributed by atoms with Gasteiger partial charge in [-0.15, -0.1) is 0 Å². The van der Waals surface area contributed by atoms with Crippen LogP contribution in [0.5, 0.6) is 0 Å². The first-order valence-electron chi connectivity index (χ1n) is 20.9. The number of pyridine rings is 1. The van der Waals surface area contributed by atoms with E-state index in [4.69, 9.17) is 27.9 Å². The molecule has 0 saturated carbocycles. The molecule has 0 bridgehead atoms. The molecule has 21 heteroatoms. The van der Waals surface area contributed by atoms with E-state index < -0.39 is 54.4 Å². The number of halogens is 8. The predicted molar refractivity (Wildman–Crippen MR) is 221 cm³/mol. The third-order valence-electron chi connectivity index (χ3n) is 12.2. The SMILES string of the molecule is Cc1cc(-c2cn(CCCC(F)(F)F)cn2)ncc1CNC(C)(/C(=C\N)CN)c1cn2c(n1)CC(C(F)(F)CC(C)/C(=C\C=C(/N)CN)c1nc3n(n1)CCC(C(F)(F)F)C3)CC2. The number of nitrogens with one attached hydrogen (secondary N) is 1. The van der Waals surface area contributed by atoms with E-state index in [0.717, 1.165) is 11.1 Å². The van der Waals surface area contributed by atoms with Crippen LogP contribution in [-0.4, -0.2) is 70.2 Å². The van der Waals surface area contributed by atoms with E-state index in [0.29, 0.717) is 40.6 Å². The predicted octanol–water partition coefficient (Wildman–Crippen LogP) is 6.42. The lowest BCUT2D eigenvalue weighted by atomic mass is 9.83. The zero-order valence-corrected chi connectivity index (χ0v) is 35.5. The maximum atomic E-state index is 16.5. The van der Waals surface area contributed by atoms with Crippen molar-refractivity contribution in [3.63, 3.8) is 0 Å². The van der Waals surface area contributed by atoms with Gasteiger partial charge in [-0.05, 0) is 74.1 Å². The summed E-state index contributed by atoms with van der Waals surface area (Å²) in [5, 5.41) is 7.96. The molecule has 0 spiro atoms. The minimum absolute atomic E-state index is 0.00496. The third kappa shape index (κ3) is 11.2. The van der Waals surface area contributed by atoms with Gasteiger partial charge in [-0.3, -0.25) is 10.3 Å². The molecule has 0 radical (unpaired) electrons. The van der Waals surface area contributed by atoms with Crippen molar-refractivity contribution in [1.29, 1.82) is 0 Å². The second-order valence-electron chi connectivity index (χ2n) is 16.8. The Hall–Kier alpha value is -5.15. The minimum Gasteiger partial charge on any atom is -0.405 e. The van der Waals surface area contributed by atoms with Gasteiger partial charge in [-0.25, -0.2) is 28.4 Å². The maximum Gasteiger partial charge on any atom is 0.392 e. The summed E-state index contributed by atoms with van der Waals surface area (Å²) in [7, 11) is 0. The highest BCUT2D eigenvalue weighted by atomic mass is 19.4. The average molecular weight is 894 g/mol. The summed E-state index contributed by atoms with van der Waals surface area (Å²) in [5.41, 5.74) is 27.4. The highest BCUT2D eigenvalue weighted by Gasteiger charge is 2.45. The highest BCUT2D eigenvalue weighted by molar-refractivity contribution is 5.63. The van der Waals surface area contributed by atoms with Gasteiger partial charge in [0.15, 0.2) is 5.82 Å². The van der Waals surface area contributed by atoms with E-state index in [1.165, 1.54) is 29.4 Å². The van der Waals surface area contributed by atoms with Gasteiger partial charge in [0.1, 0.15) is 17.3 Å². The van der Waals surface area contributed by atoms with Crippen molar-refractivity contribution in [1.82, 2.24) is 44.2 Å². The Morgan fingerprint density at radius 2 is 1.67 bits per heavy atom. The van der Waals surface area contributed by atoms with E-state index in [1.54, 1.807) is 23.9 Å². The summed E-state index contributed by atoms with van der Waals surface area (Å²) in [6.45, 7) is 6.20. The van der Waals surface area contributed by atoms with Crippen LogP contribution in [0, 0.1) is 24.7 Å². The van der Waals surface area contributed by atoms with Crippen LogP contribution in [0.3, 0.4) is 0 Å². The molecule has 6 rings (SSSR count). The van der Waals surface area contributed by atoms with Crippen molar-refractivity contribution in [2.75, 3.05) is 13.1 Å². The Labute approximate surface area is 360 Å². The first-order chi connectivity index (χ1) is 29.6. The molecule has 4 atom stereocenters. The number of imidazole rings is 2. The number of rotatable bonds is 17. The molecule has 4 aromatic heterocycles. The standard InChI is InChI=1S/C42H55F8N13/c1-25-13-33(34-22-61(24-56-34)10-4-9-41(45,46)47)55-20-27(25)21-57-39(3,30(17-51)18-52)35-23-62-11-7-28(14-36(62)58-35)40(43,44)16-26(2)32(6-5-31(54)19-53)38-59-37-15-29(42(48,49)50)8-12-63(37)60-38/h5-6,13,17,20,22-24,26,28-29,57H,4,7-12,14-16,18-19,21,51-54H2,1-3H3/b30-17-,31-5-,32-6+. The monoisotopic (exact) mass is 893 g/mol. The first-order valence-corrected chi connectivity index (χ1v) is 20.9. The quantitative estimate of drug-likeness (QED) is 0.0583. The van der Waals surface area contributed by atoms with Crippen LogP contribution in [0.1, 0.15) is 80.2 Å². The molecule has 2 aliphatic heterocycles. The van der Waals surface area contributed by atoms with E-state index in [2.05, 4.69) is 25.4 Å². The average Bonchev–Trinajstić information content (AvgIpc) is 3.98. The smallest absolute Gasteiger partial charge is 0.392 e. The van der Waals surface area contributed by atoms with Crippen molar-refractivity contribution in [2.45, 2.75) is 116 Å². The summed E-state index contributed by atoms with van der Waals surface area (Å²) in [6, 6.07) is 1.84. The molecule has 0 saturated heterocycles.